The number of urea groups is 1. The van der Waals surface area contributed by atoms with Crippen molar-refractivity contribution in [2.24, 2.45) is 0 Å². The molecule has 2 aromatic carbocycles. The first kappa shape index (κ1) is 28.7. The average Bonchev–Trinajstić information content (AvgIpc) is 3.42. The van der Waals surface area contributed by atoms with Crippen LogP contribution in [0.2, 0.25) is 0 Å². The predicted molar refractivity (Wildman–Crippen MR) is 156 cm³/mol. The van der Waals surface area contributed by atoms with Gasteiger partial charge in [0.2, 0.25) is 5.95 Å². The number of para-hydroxylation sites is 2. The topological polar surface area (TPSA) is 109 Å². The number of rotatable bonds is 8. The van der Waals surface area contributed by atoms with Crippen LogP contribution in [0.3, 0.4) is 0 Å². The molecular formula is C30H33F3N8O2. The maximum atomic E-state index is 14.1. The highest BCUT2D eigenvalue weighted by Crippen LogP contribution is 2.30. The molecule has 6 rings (SSSR count). The third kappa shape index (κ3) is 6.82. The molecule has 3 heterocycles. The molecule has 0 bridgehead atoms. The lowest BCUT2D eigenvalue weighted by atomic mass is 9.91. The summed E-state index contributed by atoms with van der Waals surface area (Å²) in [5.74, 6) is 0.604. The Morgan fingerprint density at radius 3 is 2.37 bits per heavy atom. The molecule has 4 aromatic rings. The van der Waals surface area contributed by atoms with Crippen LogP contribution >= 0.6 is 0 Å². The molecule has 2 aromatic heterocycles. The van der Waals surface area contributed by atoms with Gasteiger partial charge in [0.15, 0.2) is 5.82 Å². The van der Waals surface area contributed by atoms with Gasteiger partial charge in [-0.2, -0.15) is 9.97 Å². The summed E-state index contributed by atoms with van der Waals surface area (Å²) in [5, 5.41) is 9.26. The number of imidazole rings is 1. The zero-order valence-electron chi connectivity index (χ0n) is 23.5. The van der Waals surface area contributed by atoms with E-state index in [4.69, 9.17) is 14.7 Å². The molecule has 0 radical (unpaired) electrons. The van der Waals surface area contributed by atoms with Crippen LogP contribution in [0, 0.1) is 5.82 Å². The number of ether oxygens (including phenoxy) is 1. The SMILES string of the molecule is O=C(NCc1ccc(F)cc1)N[C@H]1CC[C@H](Nc2nc(N3CCOCC3)cc(-n3c(C(F)F)nc4ccccc43)n2)CC1. The molecule has 2 aliphatic rings. The van der Waals surface area contributed by atoms with Crippen molar-refractivity contribution in [3.63, 3.8) is 0 Å². The number of anilines is 2. The van der Waals surface area contributed by atoms with E-state index in [0.717, 1.165) is 31.2 Å². The number of nitrogens with zero attached hydrogens (tertiary/aromatic N) is 5. The van der Waals surface area contributed by atoms with Crippen LogP contribution in [0.4, 0.5) is 29.7 Å². The third-order valence-corrected chi connectivity index (χ3v) is 7.81. The van der Waals surface area contributed by atoms with Crippen LogP contribution in [0.15, 0.2) is 54.6 Å². The smallest absolute Gasteiger partial charge is 0.315 e. The van der Waals surface area contributed by atoms with E-state index in [1.165, 1.54) is 16.7 Å². The number of morpholine rings is 1. The van der Waals surface area contributed by atoms with Crippen molar-refractivity contribution in [1.82, 2.24) is 30.2 Å². The lowest BCUT2D eigenvalue weighted by molar-refractivity contribution is 0.122. The van der Waals surface area contributed by atoms with Crippen molar-refractivity contribution in [1.29, 1.82) is 0 Å². The Hall–Kier alpha value is -4.39. The Morgan fingerprint density at radius 1 is 0.930 bits per heavy atom. The van der Waals surface area contributed by atoms with Gasteiger partial charge < -0.3 is 25.6 Å². The Kier molecular flexibility index (Phi) is 8.59. The van der Waals surface area contributed by atoms with Crippen molar-refractivity contribution >= 4 is 28.8 Å². The summed E-state index contributed by atoms with van der Waals surface area (Å²) in [6, 6.07) is 14.5. The molecule has 1 aliphatic heterocycles. The van der Waals surface area contributed by atoms with Gasteiger partial charge in [-0.1, -0.05) is 24.3 Å². The molecule has 43 heavy (non-hydrogen) atoms. The summed E-state index contributed by atoms with van der Waals surface area (Å²) in [5.41, 5.74) is 1.82. The molecule has 1 saturated carbocycles. The second-order valence-corrected chi connectivity index (χ2v) is 10.7. The summed E-state index contributed by atoms with van der Waals surface area (Å²) in [6.45, 7) is 2.66. The van der Waals surface area contributed by atoms with Crippen molar-refractivity contribution in [3.8, 4) is 5.82 Å². The van der Waals surface area contributed by atoms with E-state index in [0.29, 0.717) is 61.5 Å². The minimum Gasteiger partial charge on any atom is -0.378 e. The van der Waals surface area contributed by atoms with Gasteiger partial charge in [0.25, 0.3) is 6.43 Å². The fraction of sp³-hybridized carbons (Fsp3) is 0.400. The van der Waals surface area contributed by atoms with Gasteiger partial charge in [0, 0.05) is 37.8 Å². The first-order valence-corrected chi connectivity index (χ1v) is 14.5. The number of nitrogens with one attached hydrogen (secondary N) is 3. The van der Waals surface area contributed by atoms with Crippen LogP contribution in [-0.4, -0.2) is 63.9 Å². The Bertz CT molecular complexity index is 1550. The summed E-state index contributed by atoms with van der Waals surface area (Å²) >= 11 is 0. The van der Waals surface area contributed by atoms with Crippen molar-refractivity contribution in [3.05, 3.63) is 71.8 Å². The monoisotopic (exact) mass is 594 g/mol. The third-order valence-electron chi connectivity index (χ3n) is 7.81. The number of aromatic nitrogens is 4. The van der Waals surface area contributed by atoms with Crippen LogP contribution in [-0.2, 0) is 11.3 Å². The molecule has 1 saturated heterocycles. The normalized spacial score (nSPS) is 19.0. The van der Waals surface area contributed by atoms with Gasteiger partial charge in [0.1, 0.15) is 17.5 Å². The summed E-state index contributed by atoms with van der Waals surface area (Å²) < 4.78 is 48.3. The number of alkyl halides is 2. The fourth-order valence-electron chi connectivity index (χ4n) is 5.57. The molecule has 226 valence electrons. The minimum absolute atomic E-state index is 0.00773. The highest BCUT2D eigenvalue weighted by atomic mass is 19.3. The lowest BCUT2D eigenvalue weighted by Crippen LogP contribution is -2.44. The van der Waals surface area contributed by atoms with Crippen LogP contribution in [0.1, 0.15) is 43.5 Å². The highest BCUT2D eigenvalue weighted by Gasteiger charge is 2.26. The van der Waals surface area contributed by atoms with E-state index < -0.39 is 6.43 Å². The summed E-state index contributed by atoms with van der Waals surface area (Å²) in [6.07, 6.45) is 0.235. The predicted octanol–water partition coefficient (Wildman–Crippen LogP) is 4.95. The molecule has 2 fully saturated rings. The maximum Gasteiger partial charge on any atom is 0.315 e. The number of amides is 2. The molecule has 0 unspecified atom stereocenters. The summed E-state index contributed by atoms with van der Waals surface area (Å²) in [4.78, 5) is 28.1. The highest BCUT2D eigenvalue weighted by molar-refractivity contribution is 5.78. The van der Waals surface area contributed by atoms with E-state index in [1.807, 2.05) is 0 Å². The number of fused-ring (bicyclic) bond motifs is 1. The molecule has 13 heteroatoms. The van der Waals surface area contributed by atoms with Crippen LogP contribution in [0.5, 0.6) is 0 Å². The van der Waals surface area contributed by atoms with E-state index in [1.54, 1.807) is 42.5 Å². The van der Waals surface area contributed by atoms with E-state index in [2.05, 4.69) is 25.8 Å². The zero-order valence-corrected chi connectivity index (χ0v) is 23.5. The molecule has 1 aliphatic carbocycles. The number of carbonyl (C=O) groups excluding carboxylic acids is 1. The Labute approximate surface area is 246 Å². The van der Waals surface area contributed by atoms with Gasteiger partial charge in [-0.3, -0.25) is 4.57 Å². The van der Waals surface area contributed by atoms with Crippen molar-refractivity contribution < 1.29 is 22.7 Å². The standard InChI is InChI=1S/C30H33F3N8O2/c31-20-7-5-19(6-8-20)18-34-30(42)36-22-11-9-21(10-12-22)35-29-38-25(40-13-15-43-16-14-40)17-26(39-29)41-24-4-2-1-3-23(24)37-28(41)27(32)33/h1-8,17,21-22,27H,9-16,18H2,(H2,34,36,42)(H,35,38,39)/t21-,22-. The van der Waals surface area contributed by atoms with E-state index in [9.17, 15) is 18.0 Å². The lowest BCUT2D eigenvalue weighted by Gasteiger charge is -2.31. The largest absolute Gasteiger partial charge is 0.378 e. The Balaban J connectivity index is 1.15. The number of carbonyl (C=O) groups is 1. The molecule has 0 spiro atoms. The zero-order chi connectivity index (χ0) is 29.8. The number of hydrogen-bond donors (Lipinski definition) is 3. The van der Waals surface area contributed by atoms with Gasteiger partial charge >= 0.3 is 6.03 Å². The number of halogens is 3. The first-order valence-electron chi connectivity index (χ1n) is 14.5. The van der Waals surface area contributed by atoms with E-state index >= 15 is 0 Å². The number of benzene rings is 2. The molecule has 2 amide bonds. The summed E-state index contributed by atoms with van der Waals surface area (Å²) in [7, 11) is 0. The van der Waals surface area contributed by atoms with E-state index in [-0.39, 0.29) is 29.8 Å². The molecule has 0 atom stereocenters. The maximum absolute atomic E-state index is 14.1. The van der Waals surface area contributed by atoms with Crippen LogP contribution < -0.4 is 20.9 Å². The first-order chi connectivity index (χ1) is 20.9. The van der Waals surface area contributed by atoms with Crippen molar-refractivity contribution in [2.45, 2.75) is 50.7 Å². The average molecular weight is 595 g/mol. The van der Waals surface area contributed by atoms with Crippen molar-refractivity contribution in [2.75, 3.05) is 36.5 Å². The quantitative estimate of drug-likeness (QED) is 0.265. The minimum atomic E-state index is -2.79. The van der Waals surface area contributed by atoms with Gasteiger partial charge in [-0.25, -0.2) is 22.9 Å². The fourth-order valence-corrected chi connectivity index (χ4v) is 5.57. The van der Waals surface area contributed by atoms with Gasteiger partial charge in [-0.15, -0.1) is 0 Å². The van der Waals surface area contributed by atoms with Gasteiger partial charge in [-0.05, 0) is 55.5 Å². The second-order valence-electron chi connectivity index (χ2n) is 10.7. The Morgan fingerprint density at radius 2 is 1.63 bits per heavy atom. The molecule has 3 N–H and O–H groups in total. The molecule has 10 nitrogen and oxygen atoms in total. The second kappa shape index (κ2) is 12.9. The van der Waals surface area contributed by atoms with Gasteiger partial charge in [0.05, 0.1) is 24.2 Å². The molecular weight excluding hydrogens is 561 g/mol. The van der Waals surface area contributed by atoms with Crippen LogP contribution in [0.25, 0.3) is 16.9 Å². The number of hydrogen-bond acceptors (Lipinski definition) is 7.